The molecule has 1 aromatic heterocycles. The number of aliphatic hydroxyl groups is 1. The number of halogens is 1. The average molecular weight is 290 g/mol. The summed E-state index contributed by atoms with van der Waals surface area (Å²) >= 11 is 5.90. The molecule has 6 heteroatoms. The molecule has 0 aliphatic heterocycles. The normalized spacial score (nSPS) is 10.7. The highest BCUT2D eigenvalue weighted by Crippen LogP contribution is 2.17. The van der Waals surface area contributed by atoms with Crippen molar-refractivity contribution in [2.75, 3.05) is 26.6 Å². The Labute approximate surface area is 118 Å². The van der Waals surface area contributed by atoms with Crippen LogP contribution in [0.3, 0.4) is 0 Å². The maximum absolute atomic E-state index is 8.68. The van der Waals surface area contributed by atoms with Crippen LogP contribution in [0.15, 0.2) is 12.1 Å². The molecule has 1 heterocycles. The maximum atomic E-state index is 8.68. The third-order valence-electron chi connectivity index (χ3n) is 2.17. The van der Waals surface area contributed by atoms with Gasteiger partial charge in [0, 0.05) is 25.7 Å². The molecule has 0 radical (unpaired) electrons. The molecule has 0 spiro atoms. The smallest absolute Gasteiger partial charge is 0.214 e. The average Bonchev–Trinajstić information content (AvgIpc) is 2.38. The molecule has 1 aromatic rings. The van der Waals surface area contributed by atoms with Gasteiger partial charge in [0.1, 0.15) is 11.9 Å². The number of ether oxygens (including phenoxy) is 3. The molecule has 19 heavy (non-hydrogen) atoms. The van der Waals surface area contributed by atoms with Crippen molar-refractivity contribution in [2.45, 2.75) is 26.4 Å². The second-order valence-corrected chi connectivity index (χ2v) is 4.32. The summed E-state index contributed by atoms with van der Waals surface area (Å²) in [4.78, 5) is 4.04. The fourth-order valence-corrected chi connectivity index (χ4v) is 1.57. The van der Waals surface area contributed by atoms with Crippen LogP contribution in [0.2, 0.25) is 5.15 Å². The third kappa shape index (κ3) is 7.32. The minimum atomic E-state index is 0.0886. The molecule has 0 bridgehead atoms. The van der Waals surface area contributed by atoms with Crippen molar-refractivity contribution in [2.24, 2.45) is 0 Å². The SMILES string of the molecule is CCCOCOCc1cc(Cl)nc(OCCCO)c1. The van der Waals surface area contributed by atoms with Gasteiger partial charge in [-0.3, -0.25) is 0 Å². The number of hydrogen-bond donors (Lipinski definition) is 1. The lowest BCUT2D eigenvalue weighted by Crippen LogP contribution is -2.04. The maximum Gasteiger partial charge on any atom is 0.214 e. The Balaban J connectivity index is 2.39. The van der Waals surface area contributed by atoms with Crippen LogP contribution in [-0.4, -0.2) is 36.7 Å². The van der Waals surface area contributed by atoms with Crippen LogP contribution in [0.4, 0.5) is 0 Å². The van der Waals surface area contributed by atoms with Crippen LogP contribution in [0.25, 0.3) is 0 Å². The molecule has 0 aliphatic rings. The third-order valence-corrected chi connectivity index (χ3v) is 2.36. The minimum Gasteiger partial charge on any atom is -0.478 e. The number of aliphatic hydroxyl groups excluding tert-OH is 1. The highest BCUT2D eigenvalue weighted by atomic mass is 35.5. The molecule has 0 fully saturated rings. The Kier molecular flexibility index (Phi) is 8.49. The number of rotatable bonds is 10. The van der Waals surface area contributed by atoms with E-state index in [-0.39, 0.29) is 13.4 Å². The number of hydrogen-bond acceptors (Lipinski definition) is 5. The van der Waals surface area contributed by atoms with E-state index in [4.69, 9.17) is 30.9 Å². The molecule has 0 unspecified atom stereocenters. The Bertz CT molecular complexity index is 362. The second kappa shape index (κ2) is 9.97. The Hall–Kier alpha value is -0.880. The van der Waals surface area contributed by atoms with Crippen LogP contribution in [0, 0.1) is 0 Å². The number of nitrogens with zero attached hydrogens (tertiary/aromatic N) is 1. The summed E-state index contributed by atoms with van der Waals surface area (Å²) < 4.78 is 15.9. The zero-order valence-corrected chi connectivity index (χ0v) is 11.9. The zero-order chi connectivity index (χ0) is 13.9. The largest absolute Gasteiger partial charge is 0.478 e. The monoisotopic (exact) mass is 289 g/mol. The first-order chi connectivity index (χ1) is 9.26. The van der Waals surface area contributed by atoms with Crippen LogP contribution >= 0.6 is 11.6 Å². The minimum absolute atomic E-state index is 0.0886. The van der Waals surface area contributed by atoms with Crippen molar-refractivity contribution in [3.8, 4) is 5.88 Å². The van der Waals surface area contributed by atoms with Crippen LogP contribution < -0.4 is 4.74 Å². The Morgan fingerprint density at radius 2 is 2.11 bits per heavy atom. The molecule has 0 atom stereocenters. The van der Waals surface area contributed by atoms with Crippen molar-refractivity contribution in [3.63, 3.8) is 0 Å². The van der Waals surface area contributed by atoms with E-state index in [2.05, 4.69) is 4.98 Å². The van der Waals surface area contributed by atoms with Gasteiger partial charge < -0.3 is 19.3 Å². The van der Waals surface area contributed by atoms with E-state index in [1.54, 1.807) is 12.1 Å². The van der Waals surface area contributed by atoms with E-state index in [9.17, 15) is 0 Å². The van der Waals surface area contributed by atoms with E-state index in [0.717, 1.165) is 12.0 Å². The van der Waals surface area contributed by atoms with E-state index in [1.165, 1.54) is 0 Å². The van der Waals surface area contributed by atoms with Crippen LogP contribution in [0.5, 0.6) is 5.88 Å². The van der Waals surface area contributed by atoms with E-state index in [0.29, 0.717) is 37.3 Å². The first-order valence-electron chi connectivity index (χ1n) is 6.32. The highest BCUT2D eigenvalue weighted by molar-refractivity contribution is 6.29. The summed E-state index contributed by atoms with van der Waals surface area (Å²) in [5, 5.41) is 9.04. The standard InChI is InChI=1S/C13H20ClNO4/c1-2-5-17-10-18-9-11-7-12(14)15-13(8-11)19-6-3-4-16/h7-8,16H,2-6,9-10H2,1H3. The van der Waals surface area contributed by atoms with Crippen LogP contribution in [-0.2, 0) is 16.1 Å². The quantitative estimate of drug-likeness (QED) is 0.407. The zero-order valence-electron chi connectivity index (χ0n) is 11.1. The Morgan fingerprint density at radius 3 is 2.84 bits per heavy atom. The fraction of sp³-hybridized carbons (Fsp3) is 0.615. The first kappa shape index (κ1) is 16.2. The molecule has 0 amide bonds. The number of aromatic nitrogens is 1. The molecule has 0 aliphatic carbocycles. The van der Waals surface area contributed by atoms with Gasteiger partial charge in [-0.25, -0.2) is 4.98 Å². The summed E-state index contributed by atoms with van der Waals surface area (Å²) in [6.45, 7) is 3.87. The molecule has 0 saturated carbocycles. The molecule has 1 rings (SSSR count). The van der Waals surface area contributed by atoms with Crippen molar-refractivity contribution in [3.05, 3.63) is 22.8 Å². The fourth-order valence-electron chi connectivity index (χ4n) is 1.34. The van der Waals surface area contributed by atoms with Gasteiger partial charge in [-0.15, -0.1) is 0 Å². The van der Waals surface area contributed by atoms with Crippen molar-refractivity contribution in [1.29, 1.82) is 0 Å². The van der Waals surface area contributed by atoms with Gasteiger partial charge in [-0.2, -0.15) is 0 Å². The lowest BCUT2D eigenvalue weighted by Gasteiger charge is -2.08. The molecule has 0 aromatic carbocycles. The molecule has 108 valence electrons. The molecular weight excluding hydrogens is 270 g/mol. The molecule has 5 nitrogen and oxygen atoms in total. The van der Waals surface area contributed by atoms with Crippen LogP contribution in [0.1, 0.15) is 25.3 Å². The van der Waals surface area contributed by atoms with Gasteiger partial charge >= 0.3 is 0 Å². The lowest BCUT2D eigenvalue weighted by molar-refractivity contribution is -0.0612. The van der Waals surface area contributed by atoms with E-state index < -0.39 is 0 Å². The predicted octanol–water partition coefficient (Wildman–Crippen LogP) is 2.40. The first-order valence-corrected chi connectivity index (χ1v) is 6.69. The molecule has 1 N–H and O–H groups in total. The topological polar surface area (TPSA) is 60.8 Å². The summed E-state index contributed by atoms with van der Waals surface area (Å²) in [7, 11) is 0. The van der Waals surface area contributed by atoms with Gasteiger partial charge in [-0.05, 0) is 18.1 Å². The van der Waals surface area contributed by atoms with Crippen molar-refractivity contribution < 1.29 is 19.3 Å². The predicted molar refractivity (Wildman–Crippen MR) is 72.3 cm³/mol. The lowest BCUT2D eigenvalue weighted by atomic mass is 10.3. The van der Waals surface area contributed by atoms with E-state index >= 15 is 0 Å². The summed E-state index contributed by atoms with van der Waals surface area (Å²) in [5.74, 6) is 0.439. The van der Waals surface area contributed by atoms with Crippen molar-refractivity contribution >= 4 is 11.6 Å². The summed E-state index contributed by atoms with van der Waals surface area (Å²) in [5.41, 5.74) is 0.874. The Morgan fingerprint density at radius 1 is 1.26 bits per heavy atom. The molecule has 0 saturated heterocycles. The van der Waals surface area contributed by atoms with Gasteiger partial charge in [0.05, 0.1) is 13.2 Å². The van der Waals surface area contributed by atoms with Gasteiger partial charge in [-0.1, -0.05) is 18.5 Å². The molecular formula is C13H20ClNO4. The van der Waals surface area contributed by atoms with Crippen molar-refractivity contribution in [1.82, 2.24) is 4.98 Å². The second-order valence-electron chi connectivity index (χ2n) is 3.94. The van der Waals surface area contributed by atoms with Gasteiger partial charge in [0.2, 0.25) is 5.88 Å². The summed E-state index contributed by atoms with van der Waals surface area (Å²) in [6, 6.07) is 3.49. The number of pyridine rings is 1. The highest BCUT2D eigenvalue weighted by Gasteiger charge is 2.03. The van der Waals surface area contributed by atoms with Gasteiger partial charge in [0.15, 0.2) is 0 Å². The van der Waals surface area contributed by atoms with Gasteiger partial charge in [0.25, 0.3) is 0 Å². The summed E-state index contributed by atoms with van der Waals surface area (Å²) in [6.07, 6.45) is 1.53. The van der Waals surface area contributed by atoms with E-state index in [1.807, 2.05) is 6.92 Å².